The second-order valence-electron chi connectivity index (χ2n) is 14.7. The molecule has 0 saturated heterocycles. The summed E-state index contributed by atoms with van der Waals surface area (Å²) in [5, 5.41) is 5.68. The molecule has 1 unspecified atom stereocenters. The number of pyridine rings is 1. The van der Waals surface area contributed by atoms with Crippen LogP contribution in [-0.4, -0.2) is 73.5 Å². The third kappa shape index (κ3) is 6.60. The molecule has 1 saturated carbocycles. The highest BCUT2D eigenvalue weighted by atomic mass is 35.5. The standard InChI is InChI=1S/C37H43ClN8O4S/c1-23-6-4-8-31(49-3)27-11-9-25(27)17-46-20-37(15-5-7-24-16-26(38)10-12-29(24)37)21-50-32-14-13-30(41-35(32)46)36(47)44-51(48,19-23)43-34-28-18-45(2)42-33(28)39-22-40-34/h4,8,10,12-14,16,18,22-23,25,27,31H,5-7,9,11,15,17,19-21H2,1-3H3,(H,39,40,42,43,44,47,48)/b8-4-/t23-,25-,27+,31-,37-,51?/m0/s1. The van der Waals surface area contributed by atoms with E-state index in [1.807, 2.05) is 19.1 Å². The number of carbonyl (C=O) groups is 1. The summed E-state index contributed by atoms with van der Waals surface area (Å²) in [4.78, 5) is 29.9. The van der Waals surface area contributed by atoms with Crippen molar-refractivity contribution >= 4 is 50.1 Å². The zero-order valence-electron chi connectivity index (χ0n) is 29.1. The second kappa shape index (κ2) is 13.5. The molecule has 8 rings (SSSR count). The topological polar surface area (TPSA) is 137 Å². The number of amides is 1. The summed E-state index contributed by atoms with van der Waals surface area (Å²) in [6.07, 6.45) is 13.1. The van der Waals surface area contributed by atoms with E-state index in [0.717, 1.165) is 43.7 Å². The molecule has 2 bridgehead atoms. The fourth-order valence-corrected chi connectivity index (χ4v) is 10.5. The van der Waals surface area contributed by atoms with E-state index >= 15 is 0 Å². The van der Waals surface area contributed by atoms with Gasteiger partial charge in [0.25, 0.3) is 0 Å². The van der Waals surface area contributed by atoms with Crippen molar-refractivity contribution in [3.63, 3.8) is 0 Å². The number of benzene rings is 1. The van der Waals surface area contributed by atoms with Crippen LogP contribution in [-0.2, 0) is 33.5 Å². The Morgan fingerprint density at radius 3 is 2.88 bits per heavy atom. The molecule has 14 heteroatoms. The SMILES string of the molecule is CO[C@H]1/C=C\C[C@H](C)CS(=O)(Nc2ncnc3nn(C)cc23)=NC(=O)c2ccc3c(n2)N(C[C@@H]2CC[C@H]21)C[C@@]1(CCCc2cc(Cl)ccc21)CO3. The van der Waals surface area contributed by atoms with E-state index in [1.54, 1.807) is 31.1 Å². The first kappa shape index (κ1) is 34.0. The number of fused-ring (bicyclic) bond motifs is 5. The maximum Gasteiger partial charge on any atom is 0.305 e. The number of methoxy groups -OCH3 is 1. The zero-order chi connectivity index (χ0) is 35.3. The number of ether oxygens (including phenoxy) is 2. The highest BCUT2D eigenvalue weighted by Crippen LogP contribution is 2.46. The average Bonchev–Trinajstić information content (AvgIpc) is 3.41. The maximum atomic E-state index is 14.8. The lowest BCUT2D eigenvalue weighted by Crippen LogP contribution is -2.49. The molecule has 268 valence electrons. The summed E-state index contributed by atoms with van der Waals surface area (Å²) in [6, 6.07) is 9.66. The van der Waals surface area contributed by atoms with E-state index < -0.39 is 15.8 Å². The van der Waals surface area contributed by atoms with Crippen molar-refractivity contribution < 1.29 is 18.5 Å². The van der Waals surface area contributed by atoms with Crippen molar-refractivity contribution in [2.24, 2.45) is 29.2 Å². The Bertz CT molecular complexity index is 2150. The first-order chi connectivity index (χ1) is 24.6. The van der Waals surface area contributed by atoms with Crippen LogP contribution in [0.5, 0.6) is 5.75 Å². The summed E-state index contributed by atoms with van der Waals surface area (Å²) in [5.74, 6) is 1.59. The Morgan fingerprint density at radius 1 is 1.18 bits per heavy atom. The lowest BCUT2D eigenvalue weighted by Gasteiger charge is -2.45. The number of nitrogens with zero attached hydrogens (tertiary/aromatic N) is 7. The fraction of sp³-hybridized carbons (Fsp3) is 0.486. The van der Waals surface area contributed by atoms with Gasteiger partial charge < -0.3 is 14.4 Å². The van der Waals surface area contributed by atoms with E-state index in [2.05, 4.69) is 53.3 Å². The van der Waals surface area contributed by atoms with Crippen LogP contribution < -0.4 is 14.4 Å². The third-order valence-corrected chi connectivity index (χ3v) is 13.2. The molecule has 12 nitrogen and oxygen atoms in total. The van der Waals surface area contributed by atoms with Crippen LogP contribution in [0.2, 0.25) is 5.02 Å². The van der Waals surface area contributed by atoms with Gasteiger partial charge in [0.1, 0.15) is 21.9 Å². The number of carbonyl (C=O) groups excluding carboxylic acids is 1. The Hall–Kier alpha value is -4.07. The summed E-state index contributed by atoms with van der Waals surface area (Å²) in [5.41, 5.74) is 2.80. The lowest BCUT2D eigenvalue weighted by atomic mass is 9.68. The molecule has 1 spiro atoms. The molecule has 51 heavy (non-hydrogen) atoms. The number of aryl methyl sites for hydroxylation is 2. The minimum absolute atomic E-state index is 0.0500. The Kier molecular flexibility index (Phi) is 9.00. The number of hydrogen-bond donors (Lipinski definition) is 1. The van der Waals surface area contributed by atoms with Crippen LogP contribution in [0.1, 0.15) is 60.6 Å². The smallest absolute Gasteiger partial charge is 0.305 e. The van der Waals surface area contributed by atoms with Gasteiger partial charge >= 0.3 is 5.91 Å². The van der Waals surface area contributed by atoms with Gasteiger partial charge in [-0.15, -0.1) is 4.36 Å². The fourth-order valence-electron chi connectivity index (χ4n) is 8.40. The minimum Gasteiger partial charge on any atom is -0.489 e. The molecule has 1 N–H and O–H groups in total. The molecule has 6 atom stereocenters. The Labute approximate surface area is 303 Å². The summed E-state index contributed by atoms with van der Waals surface area (Å²) < 4.78 is 36.5. The molecule has 3 aromatic heterocycles. The minimum atomic E-state index is -3.39. The van der Waals surface area contributed by atoms with E-state index in [1.165, 1.54) is 17.5 Å². The number of halogens is 1. The van der Waals surface area contributed by atoms with Gasteiger partial charge in [-0.05, 0) is 91.7 Å². The normalized spacial score (nSPS) is 30.0. The van der Waals surface area contributed by atoms with Crippen molar-refractivity contribution in [1.29, 1.82) is 0 Å². The summed E-state index contributed by atoms with van der Waals surface area (Å²) >= 11 is 6.46. The van der Waals surface area contributed by atoms with Gasteiger partial charge in [-0.1, -0.05) is 36.7 Å². The van der Waals surface area contributed by atoms with Gasteiger partial charge in [0.15, 0.2) is 23.0 Å². The second-order valence-corrected chi connectivity index (χ2v) is 17.1. The highest BCUT2D eigenvalue weighted by molar-refractivity contribution is 7.95. The van der Waals surface area contributed by atoms with Crippen molar-refractivity contribution in [2.45, 2.75) is 57.0 Å². The van der Waals surface area contributed by atoms with Crippen LogP contribution in [0.4, 0.5) is 11.6 Å². The third-order valence-electron chi connectivity index (χ3n) is 11.0. The first-order valence-corrected chi connectivity index (χ1v) is 19.8. The van der Waals surface area contributed by atoms with Gasteiger partial charge in [-0.3, -0.25) is 14.2 Å². The summed E-state index contributed by atoms with van der Waals surface area (Å²) in [7, 11) is 0.161. The van der Waals surface area contributed by atoms with Gasteiger partial charge in [0.05, 0.1) is 23.8 Å². The molecule has 4 aliphatic rings. The predicted molar refractivity (Wildman–Crippen MR) is 198 cm³/mol. The van der Waals surface area contributed by atoms with Gasteiger partial charge in [0, 0.05) is 43.9 Å². The van der Waals surface area contributed by atoms with E-state index in [4.69, 9.17) is 26.1 Å². The van der Waals surface area contributed by atoms with Crippen molar-refractivity contribution in [3.05, 3.63) is 76.9 Å². The molecular formula is C37H43ClN8O4S. The zero-order valence-corrected chi connectivity index (χ0v) is 30.7. The number of allylic oxidation sites excluding steroid dienone is 1. The molecule has 2 aliphatic carbocycles. The predicted octanol–water partition coefficient (Wildman–Crippen LogP) is 6.16. The van der Waals surface area contributed by atoms with Crippen LogP contribution in [0, 0.1) is 17.8 Å². The van der Waals surface area contributed by atoms with E-state index in [9.17, 15) is 9.00 Å². The average molecular weight is 731 g/mol. The number of hydrogen-bond acceptors (Lipinski definition) is 9. The first-order valence-electron chi connectivity index (χ1n) is 17.7. The van der Waals surface area contributed by atoms with Crippen LogP contribution in [0.3, 0.4) is 0 Å². The van der Waals surface area contributed by atoms with Gasteiger partial charge in [-0.25, -0.2) is 19.2 Å². The molecule has 1 amide bonds. The van der Waals surface area contributed by atoms with Crippen molar-refractivity contribution in [3.8, 4) is 5.75 Å². The largest absolute Gasteiger partial charge is 0.489 e. The Morgan fingerprint density at radius 2 is 2.06 bits per heavy atom. The monoisotopic (exact) mass is 730 g/mol. The number of rotatable bonds is 3. The molecular weight excluding hydrogens is 688 g/mol. The molecule has 1 aromatic carbocycles. The van der Waals surface area contributed by atoms with E-state index in [0.29, 0.717) is 59.8 Å². The van der Waals surface area contributed by atoms with Gasteiger partial charge in [-0.2, -0.15) is 5.10 Å². The Balaban J connectivity index is 1.22. The summed E-state index contributed by atoms with van der Waals surface area (Å²) in [6.45, 7) is 3.91. The van der Waals surface area contributed by atoms with Crippen molar-refractivity contribution in [1.82, 2.24) is 24.7 Å². The van der Waals surface area contributed by atoms with Crippen molar-refractivity contribution in [2.75, 3.05) is 42.2 Å². The lowest BCUT2D eigenvalue weighted by molar-refractivity contribution is 0.0131. The highest BCUT2D eigenvalue weighted by Gasteiger charge is 2.45. The molecule has 1 fully saturated rings. The maximum absolute atomic E-state index is 14.8. The molecule has 4 aromatic rings. The van der Waals surface area contributed by atoms with Crippen LogP contribution in [0.15, 0.2) is 59.4 Å². The molecule has 2 aliphatic heterocycles. The molecule has 5 heterocycles. The van der Waals surface area contributed by atoms with Crippen LogP contribution in [0.25, 0.3) is 11.0 Å². The number of anilines is 2. The van der Waals surface area contributed by atoms with E-state index in [-0.39, 0.29) is 28.9 Å². The number of aromatic nitrogens is 5. The van der Waals surface area contributed by atoms with Gasteiger partial charge in [0.2, 0.25) is 0 Å². The number of nitrogens with one attached hydrogen (secondary N) is 1. The quantitative estimate of drug-likeness (QED) is 0.246. The molecule has 0 radical (unpaired) electrons. The van der Waals surface area contributed by atoms with Crippen LogP contribution >= 0.6 is 11.6 Å².